The number of amides is 1. The molecule has 0 saturated heterocycles. The molecule has 0 aliphatic heterocycles. The van der Waals surface area contributed by atoms with Gasteiger partial charge in [0, 0.05) is 16.4 Å². The molecule has 104 valence electrons. The maximum atomic E-state index is 12.1. The fourth-order valence-electron chi connectivity index (χ4n) is 2.19. The van der Waals surface area contributed by atoms with Gasteiger partial charge in [-0.3, -0.25) is 4.79 Å². The standard InChI is InChI=1S/C16H17ClN2O/c1-10-7-13(18)8-11(2)16(10)19-15(20)9-12-5-3-4-6-14(12)17/h3-8H,9,18H2,1-2H3,(H,19,20). The van der Waals surface area contributed by atoms with Crippen molar-refractivity contribution in [1.82, 2.24) is 0 Å². The minimum atomic E-state index is -0.0888. The van der Waals surface area contributed by atoms with Crippen molar-refractivity contribution in [2.24, 2.45) is 0 Å². The molecule has 0 bridgehead atoms. The van der Waals surface area contributed by atoms with Crippen molar-refractivity contribution in [3.63, 3.8) is 0 Å². The predicted octanol–water partition coefficient (Wildman–Crippen LogP) is 3.72. The number of nitrogens with two attached hydrogens (primary N) is 1. The lowest BCUT2D eigenvalue weighted by molar-refractivity contribution is -0.115. The molecule has 0 unspecified atom stereocenters. The third-order valence-corrected chi connectivity index (χ3v) is 3.50. The molecule has 20 heavy (non-hydrogen) atoms. The Labute approximate surface area is 123 Å². The van der Waals surface area contributed by atoms with Crippen molar-refractivity contribution in [2.45, 2.75) is 20.3 Å². The van der Waals surface area contributed by atoms with Crippen LogP contribution in [0.2, 0.25) is 5.02 Å². The van der Waals surface area contributed by atoms with E-state index in [1.54, 1.807) is 6.07 Å². The van der Waals surface area contributed by atoms with Crippen LogP contribution in [0.25, 0.3) is 0 Å². The predicted molar refractivity (Wildman–Crippen MR) is 84.1 cm³/mol. The maximum Gasteiger partial charge on any atom is 0.228 e. The first kappa shape index (κ1) is 14.4. The number of nitrogen functional groups attached to an aromatic ring is 1. The summed E-state index contributed by atoms with van der Waals surface area (Å²) in [5.74, 6) is -0.0888. The summed E-state index contributed by atoms with van der Waals surface area (Å²) < 4.78 is 0. The number of nitrogens with one attached hydrogen (secondary N) is 1. The fourth-order valence-corrected chi connectivity index (χ4v) is 2.40. The van der Waals surface area contributed by atoms with Crippen molar-refractivity contribution in [3.05, 3.63) is 58.1 Å². The first-order chi connectivity index (χ1) is 9.47. The van der Waals surface area contributed by atoms with E-state index >= 15 is 0 Å². The number of halogens is 1. The molecule has 3 nitrogen and oxygen atoms in total. The van der Waals surface area contributed by atoms with Crippen LogP contribution in [-0.4, -0.2) is 5.91 Å². The second-order valence-electron chi connectivity index (χ2n) is 4.85. The van der Waals surface area contributed by atoms with Gasteiger partial charge in [0.2, 0.25) is 5.91 Å². The van der Waals surface area contributed by atoms with Crippen LogP contribution in [0.1, 0.15) is 16.7 Å². The summed E-state index contributed by atoms with van der Waals surface area (Å²) in [4.78, 5) is 12.1. The molecule has 0 aromatic heterocycles. The average Bonchev–Trinajstić information content (AvgIpc) is 2.36. The molecule has 0 atom stereocenters. The highest BCUT2D eigenvalue weighted by molar-refractivity contribution is 6.31. The average molecular weight is 289 g/mol. The van der Waals surface area contributed by atoms with Crippen molar-refractivity contribution in [1.29, 1.82) is 0 Å². The molecule has 2 rings (SSSR count). The number of carbonyl (C=O) groups excluding carboxylic acids is 1. The van der Waals surface area contributed by atoms with Crippen molar-refractivity contribution in [3.8, 4) is 0 Å². The highest BCUT2D eigenvalue weighted by Crippen LogP contribution is 2.24. The first-order valence-corrected chi connectivity index (χ1v) is 6.75. The number of carbonyl (C=O) groups is 1. The van der Waals surface area contributed by atoms with Gasteiger partial charge in [0.1, 0.15) is 0 Å². The van der Waals surface area contributed by atoms with Crippen molar-refractivity contribution >= 4 is 28.9 Å². The summed E-state index contributed by atoms with van der Waals surface area (Å²) in [6.45, 7) is 3.85. The van der Waals surface area contributed by atoms with Crippen LogP contribution in [0.5, 0.6) is 0 Å². The Bertz CT molecular complexity index is 630. The van der Waals surface area contributed by atoms with E-state index in [1.807, 2.05) is 44.2 Å². The summed E-state index contributed by atoms with van der Waals surface area (Å²) in [6.07, 6.45) is 0.253. The molecule has 1 amide bonds. The number of benzene rings is 2. The molecule has 4 heteroatoms. The highest BCUT2D eigenvalue weighted by atomic mass is 35.5. The summed E-state index contributed by atoms with van der Waals surface area (Å²) in [5, 5.41) is 3.53. The zero-order valence-electron chi connectivity index (χ0n) is 11.5. The smallest absolute Gasteiger partial charge is 0.228 e. The van der Waals surface area contributed by atoms with Crippen LogP contribution in [0.3, 0.4) is 0 Å². The van der Waals surface area contributed by atoms with Crippen LogP contribution in [0.4, 0.5) is 11.4 Å². The van der Waals surface area contributed by atoms with Crippen LogP contribution < -0.4 is 11.1 Å². The normalized spacial score (nSPS) is 10.3. The number of rotatable bonds is 3. The van der Waals surface area contributed by atoms with Gasteiger partial charge < -0.3 is 11.1 Å². The van der Waals surface area contributed by atoms with Crippen molar-refractivity contribution in [2.75, 3.05) is 11.1 Å². The zero-order valence-corrected chi connectivity index (χ0v) is 12.3. The Kier molecular flexibility index (Phi) is 4.30. The molecule has 0 aliphatic carbocycles. The lowest BCUT2D eigenvalue weighted by atomic mass is 10.1. The van der Waals surface area contributed by atoms with E-state index in [1.165, 1.54) is 0 Å². The summed E-state index contributed by atoms with van der Waals surface area (Å²) in [6, 6.07) is 11.0. The van der Waals surface area contributed by atoms with Gasteiger partial charge in [0.15, 0.2) is 0 Å². The number of hydrogen-bond donors (Lipinski definition) is 2. The first-order valence-electron chi connectivity index (χ1n) is 6.37. The Hall–Kier alpha value is -2.00. The number of hydrogen-bond acceptors (Lipinski definition) is 2. The van der Waals surface area contributed by atoms with Gasteiger partial charge in [-0.15, -0.1) is 0 Å². The molecular formula is C16H17ClN2O. The van der Waals surface area contributed by atoms with Crippen LogP contribution in [0, 0.1) is 13.8 Å². The Morgan fingerprint density at radius 2 is 1.80 bits per heavy atom. The van der Waals surface area contributed by atoms with E-state index < -0.39 is 0 Å². The second kappa shape index (κ2) is 5.97. The molecule has 3 N–H and O–H groups in total. The molecule has 0 saturated carbocycles. The van der Waals surface area contributed by atoms with Gasteiger partial charge in [-0.05, 0) is 48.7 Å². The van der Waals surface area contributed by atoms with E-state index in [9.17, 15) is 4.79 Å². The molecule has 0 fully saturated rings. The van der Waals surface area contributed by atoms with E-state index in [2.05, 4.69) is 5.32 Å². The minimum absolute atomic E-state index is 0.0888. The lowest BCUT2D eigenvalue weighted by Crippen LogP contribution is -2.16. The molecular weight excluding hydrogens is 272 g/mol. The van der Waals surface area contributed by atoms with Gasteiger partial charge in [-0.25, -0.2) is 0 Å². The van der Waals surface area contributed by atoms with Gasteiger partial charge in [0.05, 0.1) is 6.42 Å². The molecule has 2 aromatic carbocycles. The fraction of sp³-hybridized carbons (Fsp3) is 0.188. The van der Waals surface area contributed by atoms with Crippen molar-refractivity contribution < 1.29 is 4.79 Å². The molecule has 2 aromatic rings. The molecule has 0 spiro atoms. The van der Waals surface area contributed by atoms with Gasteiger partial charge in [-0.1, -0.05) is 29.8 Å². The van der Waals surface area contributed by atoms with Crippen LogP contribution >= 0.6 is 11.6 Å². The van der Waals surface area contributed by atoms with Gasteiger partial charge in [0.25, 0.3) is 0 Å². The minimum Gasteiger partial charge on any atom is -0.399 e. The van der Waals surface area contributed by atoms with E-state index in [0.29, 0.717) is 10.7 Å². The SMILES string of the molecule is Cc1cc(N)cc(C)c1NC(=O)Cc1ccccc1Cl. The summed E-state index contributed by atoms with van der Waals surface area (Å²) in [7, 11) is 0. The Morgan fingerprint density at radius 3 is 2.40 bits per heavy atom. The Morgan fingerprint density at radius 1 is 1.20 bits per heavy atom. The van der Waals surface area contributed by atoms with Gasteiger partial charge >= 0.3 is 0 Å². The van der Waals surface area contributed by atoms with E-state index in [0.717, 1.165) is 22.4 Å². The second-order valence-corrected chi connectivity index (χ2v) is 5.25. The quantitative estimate of drug-likeness (QED) is 0.846. The highest BCUT2D eigenvalue weighted by Gasteiger charge is 2.10. The largest absolute Gasteiger partial charge is 0.399 e. The van der Waals surface area contributed by atoms with E-state index in [4.69, 9.17) is 17.3 Å². The zero-order chi connectivity index (χ0) is 14.7. The molecule has 0 aliphatic rings. The lowest BCUT2D eigenvalue weighted by Gasteiger charge is -2.13. The molecule has 0 heterocycles. The topological polar surface area (TPSA) is 55.1 Å². The van der Waals surface area contributed by atoms with Gasteiger partial charge in [-0.2, -0.15) is 0 Å². The third kappa shape index (κ3) is 3.31. The molecule has 0 radical (unpaired) electrons. The summed E-state index contributed by atoms with van der Waals surface area (Å²) in [5.41, 5.74) is 10.0. The number of aryl methyl sites for hydroxylation is 2. The van der Waals surface area contributed by atoms with E-state index in [-0.39, 0.29) is 12.3 Å². The maximum absolute atomic E-state index is 12.1. The summed E-state index contributed by atoms with van der Waals surface area (Å²) >= 11 is 6.06. The Balaban J connectivity index is 2.15. The monoisotopic (exact) mass is 288 g/mol. The third-order valence-electron chi connectivity index (χ3n) is 3.13. The number of anilines is 2. The van der Waals surface area contributed by atoms with Crippen LogP contribution in [-0.2, 0) is 11.2 Å². The van der Waals surface area contributed by atoms with Crippen LogP contribution in [0.15, 0.2) is 36.4 Å².